The van der Waals surface area contributed by atoms with Crippen molar-refractivity contribution < 1.29 is 42.1 Å². The molecule has 434 valence electrons. The SMILES string of the molecule is CCCCCCCCCC/C=C\CCCCCCCCCCCCCCCCCCCCCCCCCC(=O)OC(COC(=O)CCCCCCCCCCCCCCCC)COP(=O)([O-])OCC[N+](C)(C)C. The average molecular weight is 1050 g/mol. The predicted molar refractivity (Wildman–Crippen MR) is 310 cm³/mol. The van der Waals surface area contributed by atoms with E-state index in [0.29, 0.717) is 17.4 Å². The Balaban J connectivity index is 3.91. The highest BCUT2D eigenvalue weighted by molar-refractivity contribution is 7.45. The monoisotopic (exact) mass is 1050 g/mol. The van der Waals surface area contributed by atoms with Gasteiger partial charge in [0.25, 0.3) is 7.82 Å². The number of carbonyl (C=O) groups is 2. The Kier molecular flexibility index (Phi) is 54.6. The molecule has 10 heteroatoms. The molecule has 9 nitrogen and oxygen atoms in total. The topological polar surface area (TPSA) is 111 Å². The van der Waals surface area contributed by atoms with E-state index in [0.717, 1.165) is 32.1 Å². The van der Waals surface area contributed by atoms with Gasteiger partial charge >= 0.3 is 11.9 Å². The first-order chi connectivity index (χ1) is 35.5. The van der Waals surface area contributed by atoms with Gasteiger partial charge in [0.2, 0.25) is 0 Å². The Morgan fingerprint density at radius 1 is 0.411 bits per heavy atom. The number of ether oxygens (including phenoxy) is 2. The minimum absolute atomic E-state index is 0.0260. The van der Waals surface area contributed by atoms with E-state index < -0.39 is 26.5 Å². The third-order valence-electron chi connectivity index (χ3n) is 14.5. The van der Waals surface area contributed by atoms with E-state index in [4.69, 9.17) is 18.5 Å². The van der Waals surface area contributed by atoms with Crippen LogP contribution in [0.2, 0.25) is 0 Å². The first-order valence-corrected chi connectivity index (χ1v) is 33.4. The highest BCUT2D eigenvalue weighted by Gasteiger charge is 2.22. The molecular weight excluding hydrogens is 930 g/mol. The molecule has 0 radical (unpaired) electrons. The molecule has 0 aliphatic heterocycles. The number of hydrogen-bond acceptors (Lipinski definition) is 8. The van der Waals surface area contributed by atoms with Crippen LogP contribution in [0, 0.1) is 0 Å². The molecule has 0 aliphatic carbocycles. The fourth-order valence-electron chi connectivity index (χ4n) is 9.60. The Hall–Kier alpha value is -1.25. The minimum atomic E-state index is -4.63. The normalized spacial score (nSPS) is 13.2. The predicted octanol–water partition coefficient (Wildman–Crippen LogP) is 19.4. The molecule has 0 N–H and O–H groups in total. The summed E-state index contributed by atoms with van der Waals surface area (Å²) >= 11 is 0. The van der Waals surface area contributed by atoms with Crippen LogP contribution >= 0.6 is 7.82 Å². The number of esters is 2. The quantitative estimate of drug-likeness (QED) is 0.0195. The zero-order valence-corrected chi connectivity index (χ0v) is 50.3. The van der Waals surface area contributed by atoms with Gasteiger partial charge in [-0.1, -0.05) is 289 Å². The number of unbranched alkanes of at least 4 members (excludes halogenated alkanes) is 44. The molecule has 2 atom stereocenters. The first kappa shape index (κ1) is 71.8. The van der Waals surface area contributed by atoms with Gasteiger partial charge < -0.3 is 27.9 Å². The maximum absolute atomic E-state index is 12.8. The lowest BCUT2D eigenvalue weighted by atomic mass is 10.0. The van der Waals surface area contributed by atoms with Gasteiger partial charge in [-0.15, -0.1) is 0 Å². The molecule has 0 bridgehead atoms. The van der Waals surface area contributed by atoms with Gasteiger partial charge in [0, 0.05) is 12.8 Å². The van der Waals surface area contributed by atoms with Gasteiger partial charge in [-0.05, 0) is 38.5 Å². The van der Waals surface area contributed by atoms with Crippen LogP contribution in [0.15, 0.2) is 12.2 Å². The number of carbonyl (C=O) groups excluding carboxylic acids is 2. The summed E-state index contributed by atoms with van der Waals surface area (Å²) in [6, 6.07) is 0. The lowest BCUT2D eigenvalue weighted by Gasteiger charge is -2.28. The van der Waals surface area contributed by atoms with Gasteiger partial charge in [-0.25, -0.2) is 0 Å². The highest BCUT2D eigenvalue weighted by atomic mass is 31.2. The molecule has 0 aromatic rings. The van der Waals surface area contributed by atoms with Gasteiger partial charge in [0.05, 0.1) is 27.7 Å². The van der Waals surface area contributed by atoms with E-state index in [-0.39, 0.29) is 32.0 Å². The van der Waals surface area contributed by atoms with E-state index >= 15 is 0 Å². The standard InChI is InChI=1S/C63H124NO8P/c1-6-8-10-12-14-16-18-20-22-23-24-25-26-27-28-29-30-31-32-33-34-35-36-37-38-39-40-41-42-44-46-48-50-52-54-56-63(66)72-61(60-71-73(67,68)70-58-57-64(3,4)5)59-69-62(65)55-53-51-49-47-45-43-21-19-17-15-13-11-9-7-2/h23-24,61H,6-22,25-60H2,1-5H3/b24-23-. The van der Waals surface area contributed by atoms with E-state index in [1.807, 2.05) is 21.1 Å². The van der Waals surface area contributed by atoms with Crippen LogP contribution in [-0.2, 0) is 32.7 Å². The molecule has 0 amide bonds. The summed E-state index contributed by atoms with van der Waals surface area (Å²) in [6.45, 7) is 4.30. The number of phosphoric acid groups is 1. The van der Waals surface area contributed by atoms with Crippen LogP contribution < -0.4 is 4.89 Å². The molecule has 0 rings (SSSR count). The number of allylic oxidation sites excluding steroid dienone is 2. The van der Waals surface area contributed by atoms with E-state index in [9.17, 15) is 19.0 Å². The Morgan fingerprint density at radius 2 is 0.699 bits per heavy atom. The van der Waals surface area contributed by atoms with Crippen LogP contribution in [0.3, 0.4) is 0 Å². The first-order valence-electron chi connectivity index (χ1n) is 31.9. The summed E-state index contributed by atoms with van der Waals surface area (Å²) in [7, 11) is 1.19. The van der Waals surface area contributed by atoms with Crippen molar-refractivity contribution in [2.45, 2.75) is 335 Å². The summed E-state index contributed by atoms with van der Waals surface area (Å²) in [5, 5.41) is 0. The zero-order chi connectivity index (χ0) is 53.5. The number of quaternary nitrogens is 1. The number of phosphoric ester groups is 1. The summed E-state index contributed by atoms with van der Waals surface area (Å²) in [6.07, 6.45) is 65.8. The molecule has 0 spiro atoms. The van der Waals surface area contributed by atoms with Crippen molar-refractivity contribution in [1.82, 2.24) is 0 Å². The van der Waals surface area contributed by atoms with Crippen LogP contribution in [0.25, 0.3) is 0 Å². The third-order valence-corrected chi connectivity index (χ3v) is 15.5. The van der Waals surface area contributed by atoms with Crippen LogP contribution in [0.4, 0.5) is 0 Å². The van der Waals surface area contributed by atoms with Gasteiger partial charge in [0.1, 0.15) is 19.8 Å². The number of hydrogen-bond donors (Lipinski definition) is 0. The van der Waals surface area contributed by atoms with Crippen molar-refractivity contribution in [3.63, 3.8) is 0 Å². The second-order valence-corrected chi connectivity index (χ2v) is 24.5. The lowest BCUT2D eigenvalue weighted by molar-refractivity contribution is -0.870. The molecule has 2 unspecified atom stereocenters. The Labute approximate surface area is 454 Å². The highest BCUT2D eigenvalue weighted by Crippen LogP contribution is 2.38. The maximum atomic E-state index is 12.8. The van der Waals surface area contributed by atoms with Crippen molar-refractivity contribution in [3.8, 4) is 0 Å². The molecule has 73 heavy (non-hydrogen) atoms. The molecule has 0 heterocycles. The molecule has 0 aliphatic rings. The molecular formula is C63H124NO8P. The minimum Gasteiger partial charge on any atom is -0.756 e. The second kappa shape index (κ2) is 55.5. The fourth-order valence-corrected chi connectivity index (χ4v) is 10.3. The van der Waals surface area contributed by atoms with E-state index in [2.05, 4.69) is 26.0 Å². The molecule has 0 fully saturated rings. The number of rotatable bonds is 60. The largest absolute Gasteiger partial charge is 0.756 e. The maximum Gasteiger partial charge on any atom is 0.306 e. The molecule has 0 aromatic carbocycles. The average Bonchev–Trinajstić information content (AvgIpc) is 3.35. The summed E-state index contributed by atoms with van der Waals surface area (Å²) in [5.41, 5.74) is 0. The van der Waals surface area contributed by atoms with Gasteiger partial charge in [-0.2, -0.15) is 0 Å². The molecule has 0 saturated heterocycles. The molecule has 0 aromatic heterocycles. The van der Waals surface area contributed by atoms with Crippen LogP contribution in [-0.4, -0.2) is 70.0 Å². The van der Waals surface area contributed by atoms with Crippen LogP contribution in [0.5, 0.6) is 0 Å². The summed E-state index contributed by atoms with van der Waals surface area (Å²) < 4.78 is 34.2. The van der Waals surface area contributed by atoms with Crippen molar-refractivity contribution in [1.29, 1.82) is 0 Å². The molecule has 0 saturated carbocycles. The van der Waals surface area contributed by atoms with Crippen molar-refractivity contribution >= 4 is 19.8 Å². The Bertz CT molecular complexity index is 1240. The summed E-state index contributed by atoms with van der Waals surface area (Å²) in [5.74, 6) is -0.812. The number of nitrogens with zero attached hydrogens (tertiary/aromatic N) is 1. The second-order valence-electron chi connectivity index (χ2n) is 23.1. The Morgan fingerprint density at radius 3 is 1.01 bits per heavy atom. The van der Waals surface area contributed by atoms with Gasteiger partial charge in [0.15, 0.2) is 6.10 Å². The smallest absolute Gasteiger partial charge is 0.306 e. The van der Waals surface area contributed by atoms with Gasteiger partial charge in [-0.3, -0.25) is 14.2 Å². The zero-order valence-electron chi connectivity index (χ0n) is 49.4. The van der Waals surface area contributed by atoms with Crippen molar-refractivity contribution in [2.24, 2.45) is 0 Å². The third kappa shape index (κ3) is 59.8. The summed E-state index contributed by atoms with van der Waals surface area (Å²) in [4.78, 5) is 37.8. The van der Waals surface area contributed by atoms with E-state index in [1.54, 1.807) is 0 Å². The fraction of sp³-hybridized carbons (Fsp3) is 0.937. The van der Waals surface area contributed by atoms with Crippen molar-refractivity contribution in [3.05, 3.63) is 12.2 Å². The van der Waals surface area contributed by atoms with E-state index in [1.165, 1.54) is 263 Å². The van der Waals surface area contributed by atoms with Crippen molar-refractivity contribution in [2.75, 3.05) is 47.5 Å². The number of likely N-dealkylation sites (N-methyl/N-ethyl adjacent to an activating group) is 1. The lowest BCUT2D eigenvalue weighted by Crippen LogP contribution is -2.37. The van der Waals surface area contributed by atoms with Crippen LogP contribution in [0.1, 0.15) is 328 Å².